The van der Waals surface area contributed by atoms with Crippen LogP contribution in [0.5, 0.6) is 0 Å². The van der Waals surface area contributed by atoms with Gasteiger partial charge in [-0.25, -0.2) is 4.39 Å². The first-order valence-corrected chi connectivity index (χ1v) is 9.33. The number of aromatic nitrogens is 1. The molecule has 140 valence electrons. The molecule has 1 amide bonds. The van der Waals surface area contributed by atoms with Crippen molar-refractivity contribution in [2.75, 3.05) is 0 Å². The molecule has 27 heavy (non-hydrogen) atoms. The molecule has 0 fully saturated rings. The number of nitrogens with one attached hydrogen (secondary N) is 1. The molecule has 3 aromatic rings. The quantitative estimate of drug-likeness (QED) is 0.595. The Bertz CT molecular complexity index is 963. The molecule has 0 radical (unpaired) electrons. The molecule has 0 spiro atoms. The van der Waals surface area contributed by atoms with E-state index in [0.717, 1.165) is 23.4 Å². The van der Waals surface area contributed by atoms with Crippen LogP contribution < -0.4 is 5.32 Å². The van der Waals surface area contributed by atoms with Gasteiger partial charge in [-0.05, 0) is 62.2 Å². The van der Waals surface area contributed by atoms with Crippen LogP contribution in [0.15, 0.2) is 54.6 Å². The van der Waals surface area contributed by atoms with Crippen molar-refractivity contribution < 1.29 is 9.18 Å². The first-order valence-electron chi connectivity index (χ1n) is 8.95. The van der Waals surface area contributed by atoms with Gasteiger partial charge in [0.2, 0.25) is 0 Å². The van der Waals surface area contributed by atoms with E-state index in [2.05, 4.69) is 5.32 Å². The average molecular weight is 385 g/mol. The van der Waals surface area contributed by atoms with Gasteiger partial charge in [0.05, 0.1) is 11.3 Å². The number of carbonyl (C=O) groups excluding carboxylic acids is 1. The predicted octanol–water partition coefficient (Wildman–Crippen LogP) is 5.77. The second-order valence-electron chi connectivity index (χ2n) is 6.63. The zero-order valence-electron chi connectivity index (χ0n) is 15.6. The number of carbonyl (C=O) groups is 1. The van der Waals surface area contributed by atoms with Crippen LogP contribution in [0.1, 0.15) is 36.3 Å². The minimum absolute atomic E-state index is 0.0772. The fourth-order valence-corrected chi connectivity index (χ4v) is 3.15. The lowest BCUT2D eigenvalue weighted by atomic mass is 10.1. The van der Waals surface area contributed by atoms with Crippen molar-refractivity contribution in [1.29, 1.82) is 0 Å². The van der Waals surface area contributed by atoms with Crippen LogP contribution in [0.4, 0.5) is 4.39 Å². The van der Waals surface area contributed by atoms with Crippen LogP contribution in [0.2, 0.25) is 5.02 Å². The number of hydrogen-bond acceptors (Lipinski definition) is 1. The largest absolute Gasteiger partial charge is 0.350 e. The van der Waals surface area contributed by atoms with Gasteiger partial charge in [0, 0.05) is 22.4 Å². The maximum Gasteiger partial charge on any atom is 0.253 e. The van der Waals surface area contributed by atoms with Crippen LogP contribution in [0.3, 0.4) is 0 Å². The van der Waals surface area contributed by atoms with Gasteiger partial charge in [-0.15, -0.1) is 0 Å². The summed E-state index contributed by atoms with van der Waals surface area (Å²) in [7, 11) is 0. The van der Waals surface area contributed by atoms with E-state index in [1.54, 1.807) is 18.2 Å². The Balaban J connectivity index is 2.17. The summed E-state index contributed by atoms with van der Waals surface area (Å²) in [5, 5.41) is 3.64. The van der Waals surface area contributed by atoms with Crippen LogP contribution in [-0.2, 0) is 0 Å². The summed E-state index contributed by atoms with van der Waals surface area (Å²) in [6.07, 6.45) is 0.847. The summed E-state index contributed by atoms with van der Waals surface area (Å²) < 4.78 is 15.7. The molecule has 0 aliphatic heterocycles. The molecule has 2 aromatic carbocycles. The Kier molecular flexibility index (Phi) is 5.66. The Morgan fingerprint density at radius 2 is 1.89 bits per heavy atom. The summed E-state index contributed by atoms with van der Waals surface area (Å²) in [5.74, 6) is -0.458. The summed E-state index contributed by atoms with van der Waals surface area (Å²) in [6, 6.07) is 15.7. The molecule has 0 aliphatic rings. The van der Waals surface area contributed by atoms with Crippen LogP contribution in [0.25, 0.3) is 16.9 Å². The van der Waals surface area contributed by atoms with Gasteiger partial charge in [-0.3, -0.25) is 4.79 Å². The maximum atomic E-state index is 13.8. The molecule has 1 aromatic heterocycles. The third kappa shape index (κ3) is 4.06. The first kappa shape index (κ1) is 19.2. The van der Waals surface area contributed by atoms with E-state index in [9.17, 15) is 9.18 Å². The first-order chi connectivity index (χ1) is 12.9. The van der Waals surface area contributed by atoms with E-state index >= 15 is 0 Å². The predicted molar refractivity (Wildman–Crippen MR) is 108 cm³/mol. The normalized spacial score (nSPS) is 12.0. The van der Waals surface area contributed by atoms with E-state index < -0.39 is 0 Å². The lowest BCUT2D eigenvalue weighted by Crippen LogP contribution is -2.32. The topological polar surface area (TPSA) is 34.0 Å². The van der Waals surface area contributed by atoms with Crippen molar-refractivity contribution in [3.8, 4) is 16.9 Å². The minimum atomic E-state index is -0.326. The highest BCUT2D eigenvalue weighted by Crippen LogP contribution is 2.30. The second kappa shape index (κ2) is 7.97. The third-order valence-electron chi connectivity index (χ3n) is 4.69. The van der Waals surface area contributed by atoms with Gasteiger partial charge in [0.1, 0.15) is 5.82 Å². The zero-order chi connectivity index (χ0) is 19.6. The molecule has 0 saturated heterocycles. The molecular weight excluding hydrogens is 363 g/mol. The van der Waals surface area contributed by atoms with Gasteiger partial charge in [-0.1, -0.05) is 36.7 Å². The molecule has 3 rings (SSSR count). The van der Waals surface area contributed by atoms with Gasteiger partial charge in [-0.2, -0.15) is 0 Å². The van der Waals surface area contributed by atoms with Gasteiger partial charge >= 0.3 is 0 Å². The van der Waals surface area contributed by atoms with E-state index in [1.165, 1.54) is 12.1 Å². The van der Waals surface area contributed by atoms with Crippen LogP contribution in [-0.4, -0.2) is 16.5 Å². The van der Waals surface area contributed by atoms with E-state index in [1.807, 2.05) is 49.6 Å². The van der Waals surface area contributed by atoms with Gasteiger partial charge in [0.25, 0.3) is 5.91 Å². The smallest absolute Gasteiger partial charge is 0.253 e. The van der Waals surface area contributed by atoms with Crippen molar-refractivity contribution in [3.63, 3.8) is 0 Å². The number of hydrogen-bond donors (Lipinski definition) is 1. The van der Waals surface area contributed by atoms with Crippen molar-refractivity contribution in [2.45, 2.75) is 33.2 Å². The molecule has 0 bridgehead atoms. The Morgan fingerprint density at radius 3 is 2.52 bits per heavy atom. The second-order valence-corrected chi connectivity index (χ2v) is 7.07. The fraction of sp³-hybridized carbons (Fsp3) is 0.227. The van der Waals surface area contributed by atoms with Crippen molar-refractivity contribution in [2.24, 2.45) is 0 Å². The van der Waals surface area contributed by atoms with Crippen molar-refractivity contribution in [1.82, 2.24) is 9.88 Å². The van der Waals surface area contributed by atoms with E-state index in [4.69, 9.17) is 11.6 Å². The molecule has 1 heterocycles. The highest BCUT2D eigenvalue weighted by molar-refractivity contribution is 6.30. The lowest BCUT2D eigenvalue weighted by molar-refractivity contribution is 0.0938. The standard InChI is InChI=1S/C22H22ClFN2O/c1-4-14(2)25-22(27)20-13-21(16-8-10-17(23)11-9-16)26(15(20)3)19-7-5-6-18(24)12-19/h5-14H,4H2,1-3H3,(H,25,27). The van der Waals surface area contributed by atoms with Crippen LogP contribution in [0, 0.1) is 12.7 Å². The van der Waals surface area contributed by atoms with E-state index in [-0.39, 0.29) is 17.8 Å². The third-order valence-corrected chi connectivity index (χ3v) is 4.94. The number of rotatable bonds is 5. The summed E-state index contributed by atoms with van der Waals surface area (Å²) in [6.45, 7) is 5.86. The monoisotopic (exact) mass is 384 g/mol. The minimum Gasteiger partial charge on any atom is -0.350 e. The summed E-state index contributed by atoms with van der Waals surface area (Å²) in [4.78, 5) is 12.8. The molecule has 5 heteroatoms. The molecular formula is C22H22ClFN2O. The SMILES string of the molecule is CCC(C)NC(=O)c1cc(-c2ccc(Cl)cc2)n(-c2cccc(F)c2)c1C. The van der Waals surface area contributed by atoms with Crippen LogP contribution >= 0.6 is 11.6 Å². The molecule has 3 nitrogen and oxygen atoms in total. The van der Waals surface area contributed by atoms with Gasteiger partial charge in [0.15, 0.2) is 0 Å². The molecule has 0 aliphatic carbocycles. The van der Waals surface area contributed by atoms with Crippen molar-refractivity contribution in [3.05, 3.63) is 76.7 Å². The zero-order valence-corrected chi connectivity index (χ0v) is 16.3. The molecule has 1 unspecified atom stereocenters. The highest BCUT2D eigenvalue weighted by atomic mass is 35.5. The number of halogens is 2. The average Bonchev–Trinajstić information content (AvgIpc) is 2.99. The Labute approximate surface area is 163 Å². The number of amides is 1. The summed E-state index contributed by atoms with van der Waals surface area (Å²) in [5.41, 5.74) is 3.70. The Hall–Kier alpha value is -2.59. The fourth-order valence-electron chi connectivity index (χ4n) is 3.02. The van der Waals surface area contributed by atoms with Crippen molar-refractivity contribution >= 4 is 17.5 Å². The maximum absolute atomic E-state index is 13.8. The van der Waals surface area contributed by atoms with E-state index in [0.29, 0.717) is 16.3 Å². The Morgan fingerprint density at radius 1 is 1.19 bits per heavy atom. The lowest BCUT2D eigenvalue weighted by Gasteiger charge is -2.13. The molecule has 1 N–H and O–H groups in total. The molecule has 1 atom stereocenters. The number of benzene rings is 2. The number of nitrogens with zero attached hydrogens (tertiary/aromatic N) is 1. The van der Waals surface area contributed by atoms with Gasteiger partial charge < -0.3 is 9.88 Å². The molecule has 0 saturated carbocycles. The highest BCUT2D eigenvalue weighted by Gasteiger charge is 2.20. The summed E-state index contributed by atoms with van der Waals surface area (Å²) >= 11 is 6.02.